The summed E-state index contributed by atoms with van der Waals surface area (Å²) in [7, 11) is 0. The first-order valence-corrected chi connectivity index (χ1v) is 9.89. The van der Waals surface area contributed by atoms with Crippen LogP contribution in [0, 0.1) is 5.41 Å². The average Bonchev–Trinajstić information content (AvgIpc) is 3.16. The van der Waals surface area contributed by atoms with E-state index in [-0.39, 0.29) is 11.0 Å². The van der Waals surface area contributed by atoms with E-state index < -0.39 is 16.6 Å². The van der Waals surface area contributed by atoms with Gasteiger partial charge in [-0.2, -0.15) is 13.2 Å². The molecule has 150 valence electrons. The number of halogens is 3. The number of hydrogen-bond donors (Lipinski definition) is 1. The number of hydrogen-bond acceptors (Lipinski definition) is 6. The van der Waals surface area contributed by atoms with Gasteiger partial charge >= 0.3 is 6.18 Å². The fourth-order valence-corrected chi connectivity index (χ4v) is 4.42. The van der Waals surface area contributed by atoms with Gasteiger partial charge in [-0.15, -0.1) is 10.2 Å². The molecule has 28 heavy (non-hydrogen) atoms. The molecule has 0 atom stereocenters. The number of rotatable bonds is 4. The maximum absolute atomic E-state index is 13.2. The molecule has 2 saturated heterocycles. The summed E-state index contributed by atoms with van der Waals surface area (Å²) in [6.45, 7) is 3.13. The van der Waals surface area contributed by atoms with Crippen LogP contribution < -0.4 is 10.2 Å². The van der Waals surface area contributed by atoms with Crippen LogP contribution in [0.15, 0.2) is 30.3 Å². The summed E-state index contributed by atoms with van der Waals surface area (Å²) in [6, 6.07) is 9.94. The highest BCUT2D eigenvalue weighted by Gasteiger charge is 2.47. The summed E-state index contributed by atoms with van der Waals surface area (Å²) in [5.74, 6) is 0.114. The standard InChI is InChI=1S/C18H20F3N5OS/c19-18(20,21)14-23-24-16(28-14)26-8-6-25(7-9-26)15(27)17(11-22-12-17)10-13-4-2-1-3-5-13/h1-5,22H,6-12H2. The van der Waals surface area contributed by atoms with Crippen molar-refractivity contribution in [3.63, 3.8) is 0 Å². The highest BCUT2D eigenvalue weighted by atomic mass is 32.1. The first-order valence-electron chi connectivity index (χ1n) is 9.07. The van der Waals surface area contributed by atoms with E-state index in [1.165, 1.54) is 0 Å². The zero-order chi connectivity index (χ0) is 19.8. The molecule has 1 N–H and O–H groups in total. The average molecular weight is 411 g/mol. The number of amides is 1. The Balaban J connectivity index is 1.39. The summed E-state index contributed by atoms with van der Waals surface area (Å²) in [4.78, 5) is 16.8. The second-order valence-corrected chi connectivity index (χ2v) is 8.17. The number of nitrogens with zero attached hydrogens (tertiary/aromatic N) is 4. The van der Waals surface area contributed by atoms with Crippen LogP contribution in [0.5, 0.6) is 0 Å². The molecule has 1 aromatic heterocycles. The summed E-state index contributed by atoms with van der Waals surface area (Å²) in [6.07, 6.45) is -3.79. The molecular formula is C18H20F3N5OS. The molecule has 0 aliphatic carbocycles. The van der Waals surface area contributed by atoms with Gasteiger partial charge < -0.3 is 15.1 Å². The predicted octanol–water partition coefficient (Wildman–Crippen LogP) is 2.04. The Labute approximate surface area is 164 Å². The highest BCUT2D eigenvalue weighted by molar-refractivity contribution is 7.15. The summed E-state index contributed by atoms with van der Waals surface area (Å²) >= 11 is 0.544. The number of benzene rings is 1. The van der Waals surface area contributed by atoms with Gasteiger partial charge in [0.2, 0.25) is 16.0 Å². The van der Waals surface area contributed by atoms with E-state index in [1.54, 1.807) is 4.90 Å². The maximum Gasteiger partial charge on any atom is 0.445 e. The van der Waals surface area contributed by atoms with Crippen molar-refractivity contribution in [1.29, 1.82) is 0 Å². The number of carbonyl (C=O) groups excluding carboxylic acids is 1. The lowest BCUT2D eigenvalue weighted by molar-refractivity contribution is -0.145. The zero-order valence-electron chi connectivity index (χ0n) is 15.1. The molecule has 3 heterocycles. The van der Waals surface area contributed by atoms with Crippen LogP contribution >= 0.6 is 11.3 Å². The number of nitrogens with one attached hydrogen (secondary N) is 1. The van der Waals surface area contributed by atoms with E-state index in [0.29, 0.717) is 57.0 Å². The molecule has 1 aromatic carbocycles. The first-order chi connectivity index (χ1) is 13.4. The molecule has 4 rings (SSSR count). The van der Waals surface area contributed by atoms with Crippen LogP contribution in [0.3, 0.4) is 0 Å². The van der Waals surface area contributed by atoms with Crippen molar-refractivity contribution in [3.05, 3.63) is 40.9 Å². The van der Waals surface area contributed by atoms with E-state index in [4.69, 9.17) is 0 Å². The minimum absolute atomic E-state index is 0.114. The molecule has 2 fully saturated rings. The van der Waals surface area contributed by atoms with Gasteiger partial charge in [0.1, 0.15) is 0 Å². The van der Waals surface area contributed by atoms with Crippen LogP contribution in [0.4, 0.5) is 18.3 Å². The van der Waals surface area contributed by atoms with Crippen molar-refractivity contribution in [2.45, 2.75) is 12.6 Å². The largest absolute Gasteiger partial charge is 0.445 e. The molecule has 10 heteroatoms. The molecule has 2 aliphatic rings. The van der Waals surface area contributed by atoms with E-state index in [0.717, 1.165) is 5.56 Å². The van der Waals surface area contributed by atoms with Gasteiger partial charge in [-0.25, -0.2) is 0 Å². The second kappa shape index (κ2) is 7.32. The third-order valence-electron chi connectivity index (χ3n) is 5.26. The number of piperazine rings is 1. The normalized spacial score (nSPS) is 19.4. The Bertz CT molecular complexity index is 829. The van der Waals surface area contributed by atoms with Crippen LogP contribution in [0.25, 0.3) is 0 Å². The van der Waals surface area contributed by atoms with Gasteiger partial charge in [0, 0.05) is 39.3 Å². The molecule has 0 saturated carbocycles. The topological polar surface area (TPSA) is 61.4 Å². The zero-order valence-corrected chi connectivity index (χ0v) is 15.9. The van der Waals surface area contributed by atoms with Crippen LogP contribution in [-0.2, 0) is 17.4 Å². The third-order valence-corrected chi connectivity index (χ3v) is 6.29. The Hall–Kier alpha value is -2.20. The summed E-state index contributed by atoms with van der Waals surface area (Å²) < 4.78 is 38.2. The van der Waals surface area contributed by atoms with Gasteiger partial charge in [0.25, 0.3) is 0 Å². The van der Waals surface area contributed by atoms with E-state index in [2.05, 4.69) is 15.5 Å². The lowest BCUT2D eigenvalue weighted by Gasteiger charge is -2.46. The van der Waals surface area contributed by atoms with Crippen molar-refractivity contribution in [3.8, 4) is 0 Å². The Morgan fingerprint density at radius 3 is 2.32 bits per heavy atom. The van der Waals surface area contributed by atoms with Crippen LogP contribution in [-0.4, -0.2) is 60.3 Å². The quantitative estimate of drug-likeness (QED) is 0.835. The van der Waals surface area contributed by atoms with Gasteiger partial charge in [-0.3, -0.25) is 4.79 Å². The number of aromatic nitrogens is 2. The Morgan fingerprint density at radius 2 is 1.79 bits per heavy atom. The lowest BCUT2D eigenvalue weighted by atomic mass is 9.75. The smallest absolute Gasteiger partial charge is 0.343 e. The Morgan fingerprint density at radius 1 is 1.11 bits per heavy atom. The Kier molecular flexibility index (Phi) is 5.00. The fraction of sp³-hybridized carbons (Fsp3) is 0.500. The monoisotopic (exact) mass is 411 g/mol. The molecule has 0 spiro atoms. The third kappa shape index (κ3) is 3.70. The van der Waals surface area contributed by atoms with Crippen LogP contribution in [0.1, 0.15) is 10.6 Å². The van der Waals surface area contributed by atoms with E-state index in [9.17, 15) is 18.0 Å². The van der Waals surface area contributed by atoms with Crippen molar-refractivity contribution >= 4 is 22.4 Å². The molecular weight excluding hydrogens is 391 g/mol. The lowest BCUT2D eigenvalue weighted by Crippen LogP contribution is -2.65. The summed E-state index contributed by atoms with van der Waals surface area (Å²) in [5.41, 5.74) is 0.694. The maximum atomic E-state index is 13.2. The minimum Gasteiger partial charge on any atom is -0.343 e. The van der Waals surface area contributed by atoms with Gasteiger partial charge in [0.05, 0.1) is 5.41 Å². The van der Waals surface area contributed by atoms with Crippen molar-refractivity contribution in [2.75, 3.05) is 44.2 Å². The number of carbonyl (C=O) groups is 1. The van der Waals surface area contributed by atoms with Gasteiger partial charge in [-0.05, 0) is 12.0 Å². The highest BCUT2D eigenvalue weighted by Crippen LogP contribution is 2.35. The number of anilines is 1. The molecule has 0 bridgehead atoms. The molecule has 0 radical (unpaired) electrons. The number of alkyl halides is 3. The summed E-state index contributed by atoms with van der Waals surface area (Å²) in [5, 5.41) is 9.43. The van der Waals surface area contributed by atoms with E-state index in [1.807, 2.05) is 35.2 Å². The van der Waals surface area contributed by atoms with Gasteiger partial charge in [0.15, 0.2) is 0 Å². The minimum atomic E-state index is -4.48. The fourth-order valence-electron chi connectivity index (χ4n) is 3.66. The second-order valence-electron chi connectivity index (χ2n) is 7.21. The van der Waals surface area contributed by atoms with Crippen molar-refractivity contribution in [2.24, 2.45) is 5.41 Å². The molecule has 2 aromatic rings. The molecule has 1 amide bonds. The molecule has 6 nitrogen and oxygen atoms in total. The van der Waals surface area contributed by atoms with Gasteiger partial charge in [-0.1, -0.05) is 41.7 Å². The van der Waals surface area contributed by atoms with Crippen LogP contribution in [0.2, 0.25) is 0 Å². The molecule has 2 aliphatic heterocycles. The predicted molar refractivity (Wildman–Crippen MR) is 99.2 cm³/mol. The first kappa shape index (κ1) is 19.1. The van der Waals surface area contributed by atoms with Crippen molar-refractivity contribution < 1.29 is 18.0 Å². The molecule has 0 unspecified atom stereocenters. The van der Waals surface area contributed by atoms with Crippen molar-refractivity contribution in [1.82, 2.24) is 20.4 Å². The SMILES string of the molecule is O=C(N1CCN(c2nnc(C(F)(F)F)s2)CC1)C1(Cc2ccccc2)CNC1. The van der Waals surface area contributed by atoms with E-state index >= 15 is 0 Å².